The number of aromatic nitrogens is 2. The number of non-ortho nitro benzene ring substituents is 1. The van der Waals surface area contributed by atoms with Gasteiger partial charge in [0.2, 0.25) is 5.91 Å². The number of nitro benzene ring substituents is 1. The molecule has 1 N–H and O–H groups in total. The number of nitrogens with zero attached hydrogens (tertiary/aromatic N) is 3. The van der Waals surface area contributed by atoms with Gasteiger partial charge in [0.15, 0.2) is 5.16 Å². The van der Waals surface area contributed by atoms with Crippen molar-refractivity contribution in [2.75, 3.05) is 5.75 Å². The highest BCUT2D eigenvalue weighted by atomic mass is 32.2. The summed E-state index contributed by atoms with van der Waals surface area (Å²) >= 11 is 1.01. The Kier molecular flexibility index (Phi) is 6.51. The molecule has 170 valence electrons. The quantitative estimate of drug-likeness (QED) is 0.196. The van der Waals surface area contributed by atoms with Crippen molar-refractivity contribution in [2.24, 2.45) is 0 Å². The zero-order valence-electron chi connectivity index (χ0n) is 17.9. The minimum absolute atomic E-state index is 0.00653. The van der Waals surface area contributed by atoms with E-state index in [1.165, 1.54) is 22.8 Å². The predicted molar refractivity (Wildman–Crippen MR) is 128 cm³/mol. The van der Waals surface area contributed by atoms with Gasteiger partial charge in [0.25, 0.3) is 17.2 Å². The highest BCUT2D eigenvalue weighted by Crippen LogP contribution is 2.21. The Labute approximate surface area is 197 Å². The highest BCUT2D eigenvalue weighted by Gasteiger charge is 2.17. The molecule has 0 saturated carbocycles. The molecule has 10 heteroatoms. The van der Waals surface area contributed by atoms with Crippen LogP contribution in [0.1, 0.15) is 15.9 Å². The van der Waals surface area contributed by atoms with Crippen molar-refractivity contribution in [3.05, 3.63) is 104 Å². The van der Waals surface area contributed by atoms with Crippen molar-refractivity contribution in [2.45, 2.75) is 12.1 Å². The number of imide groups is 1. The fraction of sp³-hybridized carbons (Fsp3) is 0.0833. The van der Waals surface area contributed by atoms with Crippen LogP contribution in [0.3, 0.4) is 0 Å². The monoisotopic (exact) mass is 474 g/mol. The van der Waals surface area contributed by atoms with E-state index >= 15 is 0 Å². The third kappa shape index (κ3) is 4.86. The second kappa shape index (κ2) is 9.67. The molecule has 0 atom stereocenters. The van der Waals surface area contributed by atoms with Gasteiger partial charge < -0.3 is 0 Å². The molecular formula is C24H18N4O5S. The molecule has 0 spiro atoms. The van der Waals surface area contributed by atoms with Gasteiger partial charge in [-0.3, -0.25) is 34.4 Å². The second-order valence-corrected chi connectivity index (χ2v) is 8.30. The standard InChI is InChI=1S/C24H18N4O5S/c1-15-9-11-17(12-10-15)27-23(31)19-7-2-3-8-20(19)25-24(27)34-14-21(29)26-22(30)16-5-4-6-18(13-16)28(32)33/h2-13H,14H2,1H3,(H,26,29,30). The SMILES string of the molecule is Cc1ccc(-n2c(SCC(=O)NC(=O)c3cccc([N+](=O)[O-])c3)nc3ccccc3c2=O)cc1. The molecule has 3 aromatic carbocycles. The Hall–Kier alpha value is -4.31. The lowest BCUT2D eigenvalue weighted by Gasteiger charge is -2.13. The number of nitro groups is 1. The molecule has 0 aliphatic carbocycles. The smallest absolute Gasteiger partial charge is 0.270 e. The third-order valence-corrected chi connectivity index (χ3v) is 5.88. The van der Waals surface area contributed by atoms with Gasteiger partial charge in [0.05, 0.1) is 27.3 Å². The lowest BCUT2D eigenvalue weighted by atomic mass is 10.2. The average molecular weight is 474 g/mol. The van der Waals surface area contributed by atoms with Gasteiger partial charge in [-0.1, -0.05) is 47.7 Å². The molecule has 1 aromatic heterocycles. The topological polar surface area (TPSA) is 124 Å². The number of fused-ring (bicyclic) bond motifs is 1. The third-order valence-electron chi connectivity index (χ3n) is 4.94. The van der Waals surface area contributed by atoms with Crippen LogP contribution in [0.15, 0.2) is 82.7 Å². The fourth-order valence-corrected chi connectivity index (χ4v) is 4.07. The molecule has 34 heavy (non-hydrogen) atoms. The van der Waals surface area contributed by atoms with Crippen LogP contribution >= 0.6 is 11.8 Å². The number of nitrogens with one attached hydrogen (secondary N) is 1. The van der Waals surface area contributed by atoms with Gasteiger partial charge in [-0.25, -0.2) is 4.98 Å². The Bertz CT molecular complexity index is 1480. The molecule has 0 saturated heterocycles. The van der Waals surface area contributed by atoms with E-state index in [2.05, 4.69) is 10.3 Å². The number of amides is 2. The van der Waals surface area contributed by atoms with Gasteiger partial charge >= 0.3 is 0 Å². The number of hydrogen-bond donors (Lipinski definition) is 1. The first-order valence-corrected chi connectivity index (χ1v) is 11.1. The van der Waals surface area contributed by atoms with Crippen LogP contribution in [0.4, 0.5) is 5.69 Å². The van der Waals surface area contributed by atoms with Crippen LogP contribution in [-0.2, 0) is 4.79 Å². The van der Waals surface area contributed by atoms with E-state index in [0.29, 0.717) is 21.7 Å². The van der Waals surface area contributed by atoms with E-state index in [9.17, 15) is 24.5 Å². The average Bonchev–Trinajstić information content (AvgIpc) is 2.83. The van der Waals surface area contributed by atoms with Gasteiger partial charge in [-0.15, -0.1) is 0 Å². The molecule has 1 heterocycles. The van der Waals surface area contributed by atoms with Crippen molar-refractivity contribution < 1.29 is 14.5 Å². The van der Waals surface area contributed by atoms with E-state index in [-0.39, 0.29) is 22.6 Å². The predicted octanol–water partition coefficient (Wildman–Crippen LogP) is 3.65. The zero-order valence-corrected chi connectivity index (χ0v) is 18.7. The number of carbonyl (C=O) groups excluding carboxylic acids is 2. The summed E-state index contributed by atoms with van der Waals surface area (Å²) in [5.41, 5.74) is 1.59. The van der Waals surface area contributed by atoms with Gasteiger partial charge in [0.1, 0.15) is 0 Å². The molecule has 2 amide bonds. The number of para-hydroxylation sites is 1. The summed E-state index contributed by atoms with van der Waals surface area (Å²) in [6.07, 6.45) is 0. The summed E-state index contributed by atoms with van der Waals surface area (Å²) in [6.45, 7) is 1.93. The summed E-state index contributed by atoms with van der Waals surface area (Å²) in [4.78, 5) is 52.9. The molecule has 4 rings (SSSR count). The molecule has 0 radical (unpaired) electrons. The lowest BCUT2D eigenvalue weighted by Crippen LogP contribution is -2.32. The molecule has 0 bridgehead atoms. The van der Waals surface area contributed by atoms with Crippen LogP contribution in [-0.4, -0.2) is 32.0 Å². The van der Waals surface area contributed by atoms with Crippen molar-refractivity contribution >= 4 is 40.2 Å². The largest absolute Gasteiger partial charge is 0.292 e. The van der Waals surface area contributed by atoms with Crippen LogP contribution < -0.4 is 10.9 Å². The minimum atomic E-state index is -0.753. The maximum Gasteiger partial charge on any atom is 0.270 e. The maximum atomic E-state index is 13.2. The Morgan fingerprint density at radius 1 is 1.06 bits per heavy atom. The summed E-state index contributed by atoms with van der Waals surface area (Å²) in [7, 11) is 0. The minimum Gasteiger partial charge on any atom is -0.292 e. The van der Waals surface area contributed by atoms with Crippen molar-refractivity contribution in [3.63, 3.8) is 0 Å². The Balaban J connectivity index is 1.58. The molecule has 0 fully saturated rings. The van der Waals surface area contributed by atoms with Crippen LogP contribution in [0.5, 0.6) is 0 Å². The molecule has 4 aromatic rings. The van der Waals surface area contributed by atoms with E-state index in [1.54, 1.807) is 36.4 Å². The van der Waals surface area contributed by atoms with Crippen molar-refractivity contribution in [1.82, 2.24) is 14.9 Å². The molecular weight excluding hydrogens is 456 g/mol. The number of benzene rings is 3. The number of thioether (sulfide) groups is 1. The van der Waals surface area contributed by atoms with Crippen LogP contribution in [0, 0.1) is 17.0 Å². The maximum absolute atomic E-state index is 13.2. The van der Waals surface area contributed by atoms with Crippen molar-refractivity contribution in [1.29, 1.82) is 0 Å². The molecule has 0 unspecified atom stereocenters. The highest BCUT2D eigenvalue weighted by molar-refractivity contribution is 7.99. The number of carbonyl (C=O) groups is 2. The van der Waals surface area contributed by atoms with E-state index in [4.69, 9.17) is 0 Å². The second-order valence-electron chi connectivity index (χ2n) is 7.36. The van der Waals surface area contributed by atoms with Gasteiger partial charge in [-0.05, 0) is 37.3 Å². The van der Waals surface area contributed by atoms with Gasteiger partial charge in [-0.2, -0.15) is 0 Å². The Morgan fingerprint density at radius 2 is 1.79 bits per heavy atom. The molecule has 0 aliphatic rings. The van der Waals surface area contributed by atoms with Crippen LogP contribution in [0.25, 0.3) is 16.6 Å². The number of hydrogen-bond acceptors (Lipinski definition) is 7. The zero-order chi connectivity index (χ0) is 24.2. The lowest BCUT2D eigenvalue weighted by molar-refractivity contribution is -0.384. The first-order chi connectivity index (χ1) is 16.3. The summed E-state index contributed by atoms with van der Waals surface area (Å²) in [5, 5.41) is 13.9. The molecule has 9 nitrogen and oxygen atoms in total. The molecule has 0 aliphatic heterocycles. The summed E-state index contributed by atoms with van der Waals surface area (Å²) < 4.78 is 1.43. The summed E-state index contributed by atoms with van der Waals surface area (Å²) in [5.74, 6) is -1.58. The number of aryl methyl sites for hydroxylation is 1. The number of rotatable bonds is 6. The van der Waals surface area contributed by atoms with Crippen molar-refractivity contribution in [3.8, 4) is 5.69 Å². The first-order valence-electron chi connectivity index (χ1n) is 10.1. The normalized spacial score (nSPS) is 10.7. The van der Waals surface area contributed by atoms with Gasteiger partial charge in [0, 0.05) is 17.7 Å². The Morgan fingerprint density at radius 3 is 2.53 bits per heavy atom. The van der Waals surface area contributed by atoms with E-state index in [1.807, 2.05) is 19.1 Å². The van der Waals surface area contributed by atoms with E-state index < -0.39 is 16.7 Å². The fourth-order valence-electron chi connectivity index (χ4n) is 3.26. The van der Waals surface area contributed by atoms with Crippen LogP contribution in [0.2, 0.25) is 0 Å². The summed E-state index contributed by atoms with van der Waals surface area (Å²) in [6, 6.07) is 19.3. The first kappa shape index (κ1) is 22.9. The van der Waals surface area contributed by atoms with E-state index in [0.717, 1.165) is 23.4 Å².